The summed E-state index contributed by atoms with van der Waals surface area (Å²) in [7, 11) is 0. The first-order valence-corrected chi connectivity index (χ1v) is 5.45. The maximum atomic E-state index is 5.74. The first kappa shape index (κ1) is 10.4. The molecule has 4 nitrogen and oxygen atoms in total. The van der Waals surface area contributed by atoms with E-state index in [1.807, 2.05) is 0 Å². The minimum absolute atomic E-state index is 0.214. The number of ether oxygens (including phenoxy) is 2. The Balaban J connectivity index is 1.78. The van der Waals surface area contributed by atoms with E-state index in [4.69, 9.17) is 9.47 Å². The van der Waals surface area contributed by atoms with E-state index in [0.29, 0.717) is 12.1 Å². The van der Waals surface area contributed by atoms with Crippen LogP contribution in [0, 0.1) is 0 Å². The molecular formula is C10H20N2O2. The van der Waals surface area contributed by atoms with Crippen LogP contribution < -0.4 is 10.6 Å². The normalized spacial score (nSPS) is 45.0. The third kappa shape index (κ3) is 2.45. The van der Waals surface area contributed by atoms with Crippen molar-refractivity contribution in [3.63, 3.8) is 0 Å². The molecule has 0 amide bonds. The Morgan fingerprint density at radius 3 is 1.57 bits per heavy atom. The van der Waals surface area contributed by atoms with Gasteiger partial charge in [-0.25, -0.2) is 0 Å². The van der Waals surface area contributed by atoms with E-state index in [9.17, 15) is 0 Å². The first-order chi connectivity index (χ1) is 6.75. The maximum absolute atomic E-state index is 5.74. The second-order valence-corrected chi connectivity index (χ2v) is 4.36. The summed E-state index contributed by atoms with van der Waals surface area (Å²) in [6.07, 6.45) is 0.428. The Labute approximate surface area is 85.3 Å². The number of morpholine rings is 2. The molecular weight excluding hydrogens is 180 g/mol. The zero-order valence-corrected chi connectivity index (χ0v) is 8.95. The Morgan fingerprint density at radius 1 is 0.857 bits per heavy atom. The van der Waals surface area contributed by atoms with E-state index in [1.165, 1.54) is 0 Å². The summed E-state index contributed by atoms with van der Waals surface area (Å²) in [5, 5.41) is 6.82. The highest BCUT2D eigenvalue weighted by Crippen LogP contribution is 2.11. The van der Waals surface area contributed by atoms with Gasteiger partial charge >= 0.3 is 0 Å². The molecule has 14 heavy (non-hydrogen) atoms. The van der Waals surface area contributed by atoms with Crippen LogP contribution in [-0.2, 0) is 9.47 Å². The van der Waals surface area contributed by atoms with Crippen molar-refractivity contribution in [3.8, 4) is 0 Å². The summed E-state index contributed by atoms with van der Waals surface area (Å²) in [6.45, 7) is 7.67. The van der Waals surface area contributed by atoms with Crippen molar-refractivity contribution >= 4 is 0 Å². The minimum Gasteiger partial charge on any atom is -0.373 e. The molecule has 2 aliphatic rings. The van der Waals surface area contributed by atoms with E-state index in [0.717, 1.165) is 26.3 Å². The summed E-state index contributed by atoms with van der Waals surface area (Å²) >= 11 is 0. The highest BCUT2D eigenvalue weighted by atomic mass is 16.5. The van der Waals surface area contributed by atoms with Gasteiger partial charge in [0.15, 0.2) is 0 Å². The second-order valence-electron chi connectivity index (χ2n) is 4.36. The summed E-state index contributed by atoms with van der Waals surface area (Å²) in [5.41, 5.74) is 0. The number of nitrogens with one attached hydrogen (secondary N) is 2. The maximum Gasteiger partial charge on any atom is 0.0974 e. The van der Waals surface area contributed by atoms with Crippen molar-refractivity contribution < 1.29 is 9.47 Å². The zero-order chi connectivity index (χ0) is 9.97. The van der Waals surface area contributed by atoms with Crippen molar-refractivity contribution in [2.24, 2.45) is 0 Å². The van der Waals surface area contributed by atoms with Gasteiger partial charge in [-0.3, -0.25) is 0 Å². The van der Waals surface area contributed by atoms with E-state index in [-0.39, 0.29) is 12.2 Å². The van der Waals surface area contributed by atoms with Crippen molar-refractivity contribution in [1.29, 1.82) is 0 Å². The van der Waals surface area contributed by atoms with Crippen LogP contribution in [0.2, 0.25) is 0 Å². The van der Waals surface area contributed by atoms with Gasteiger partial charge in [0.05, 0.1) is 25.4 Å². The van der Waals surface area contributed by atoms with Crippen LogP contribution in [-0.4, -0.2) is 50.6 Å². The van der Waals surface area contributed by atoms with Gasteiger partial charge in [0.2, 0.25) is 0 Å². The molecule has 4 heteroatoms. The average molecular weight is 200 g/mol. The van der Waals surface area contributed by atoms with Crippen LogP contribution >= 0.6 is 0 Å². The molecule has 2 heterocycles. The monoisotopic (exact) mass is 200 g/mol. The Morgan fingerprint density at radius 2 is 1.29 bits per heavy atom. The van der Waals surface area contributed by atoms with Crippen molar-refractivity contribution in [1.82, 2.24) is 10.6 Å². The van der Waals surface area contributed by atoms with Gasteiger partial charge < -0.3 is 20.1 Å². The van der Waals surface area contributed by atoms with E-state index < -0.39 is 0 Å². The standard InChI is InChI=1S/C10H20N2O2/c1-7-5-13-9(3-11-7)10-4-12-8(2)6-14-10/h7-12H,3-6H2,1-2H3/t7-,8-,9+,10+/m0/s1. The quantitative estimate of drug-likeness (QED) is 0.612. The fourth-order valence-corrected chi connectivity index (χ4v) is 1.88. The highest BCUT2D eigenvalue weighted by Gasteiger charge is 2.29. The van der Waals surface area contributed by atoms with Crippen molar-refractivity contribution in [2.75, 3.05) is 26.3 Å². The Bertz CT molecular complexity index is 153. The van der Waals surface area contributed by atoms with Gasteiger partial charge in [0, 0.05) is 25.2 Å². The molecule has 0 spiro atoms. The van der Waals surface area contributed by atoms with E-state index in [2.05, 4.69) is 24.5 Å². The smallest absolute Gasteiger partial charge is 0.0974 e. The van der Waals surface area contributed by atoms with Gasteiger partial charge in [0.25, 0.3) is 0 Å². The molecule has 82 valence electrons. The van der Waals surface area contributed by atoms with Crippen LogP contribution in [0.5, 0.6) is 0 Å². The van der Waals surface area contributed by atoms with Gasteiger partial charge in [-0.05, 0) is 13.8 Å². The molecule has 0 aromatic rings. The average Bonchev–Trinajstić information content (AvgIpc) is 2.21. The lowest BCUT2D eigenvalue weighted by Gasteiger charge is -2.37. The van der Waals surface area contributed by atoms with E-state index in [1.54, 1.807) is 0 Å². The van der Waals surface area contributed by atoms with E-state index >= 15 is 0 Å². The van der Waals surface area contributed by atoms with Crippen LogP contribution in [0.25, 0.3) is 0 Å². The molecule has 2 aliphatic heterocycles. The SMILES string of the molecule is C[C@H]1CO[C@@H]([C@H]2CN[C@@H](C)CO2)CN1. The van der Waals surface area contributed by atoms with Gasteiger partial charge in [0.1, 0.15) is 0 Å². The molecule has 0 radical (unpaired) electrons. The fraction of sp³-hybridized carbons (Fsp3) is 1.00. The summed E-state index contributed by atoms with van der Waals surface area (Å²) in [4.78, 5) is 0. The molecule has 2 rings (SSSR count). The lowest BCUT2D eigenvalue weighted by Crippen LogP contribution is -2.56. The summed E-state index contributed by atoms with van der Waals surface area (Å²) in [5.74, 6) is 0. The molecule has 0 bridgehead atoms. The lowest BCUT2D eigenvalue weighted by atomic mass is 10.1. The second kappa shape index (κ2) is 4.57. The highest BCUT2D eigenvalue weighted by molar-refractivity contribution is 4.84. The number of hydrogen-bond acceptors (Lipinski definition) is 4. The van der Waals surface area contributed by atoms with Gasteiger partial charge in [-0.15, -0.1) is 0 Å². The van der Waals surface area contributed by atoms with Crippen LogP contribution in [0.15, 0.2) is 0 Å². The molecule has 0 saturated carbocycles. The Hall–Kier alpha value is -0.160. The van der Waals surface area contributed by atoms with Crippen LogP contribution in [0.3, 0.4) is 0 Å². The topological polar surface area (TPSA) is 42.5 Å². The molecule has 4 atom stereocenters. The first-order valence-electron chi connectivity index (χ1n) is 5.45. The minimum atomic E-state index is 0.214. The molecule has 0 unspecified atom stereocenters. The Kier molecular flexibility index (Phi) is 3.38. The van der Waals surface area contributed by atoms with Crippen molar-refractivity contribution in [2.45, 2.75) is 38.1 Å². The van der Waals surface area contributed by atoms with Crippen molar-refractivity contribution in [3.05, 3.63) is 0 Å². The van der Waals surface area contributed by atoms with Gasteiger partial charge in [-0.1, -0.05) is 0 Å². The predicted octanol–water partition coefficient (Wildman–Crippen LogP) is -0.260. The molecule has 0 aliphatic carbocycles. The molecule has 2 N–H and O–H groups in total. The predicted molar refractivity (Wildman–Crippen MR) is 54.4 cm³/mol. The molecule has 0 aromatic heterocycles. The lowest BCUT2D eigenvalue weighted by molar-refractivity contribution is -0.108. The molecule has 2 fully saturated rings. The summed E-state index contributed by atoms with van der Waals surface area (Å²) in [6, 6.07) is 0.948. The largest absolute Gasteiger partial charge is 0.373 e. The number of hydrogen-bond donors (Lipinski definition) is 2. The molecule has 0 aromatic carbocycles. The zero-order valence-electron chi connectivity index (χ0n) is 8.95. The summed E-state index contributed by atoms with van der Waals surface area (Å²) < 4.78 is 11.5. The number of rotatable bonds is 1. The van der Waals surface area contributed by atoms with Crippen LogP contribution in [0.4, 0.5) is 0 Å². The van der Waals surface area contributed by atoms with Crippen LogP contribution in [0.1, 0.15) is 13.8 Å². The third-order valence-electron chi connectivity index (χ3n) is 2.87. The fourth-order valence-electron chi connectivity index (χ4n) is 1.88. The van der Waals surface area contributed by atoms with Gasteiger partial charge in [-0.2, -0.15) is 0 Å². The molecule has 2 saturated heterocycles. The third-order valence-corrected chi connectivity index (χ3v) is 2.87.